The number of hydrogen-bond acceptors (Lipinski definition) is 3. The van der Waals surface area contributed by atoms with Crippen molar-refractivity contribution in [2.24, 2.45) is 0 Å². The van der Waals surface area contributed by atoms with Crippen LogP contribution in [0.3, 0.4) is 0 Å². The van der Waals surface area contributed by atoms with E-state index >= 15 is 0 Å². The van der Waals surface area contributed by atoms with Gasteiger partial charge in [0.05, 0.1) is 0 Å². The van der Waals surface area contributed by atoms with Gasteiger partial charge in [-0.15, -0.1) is 0 Å². The van der Waals surface area contributed by atoms with Gasteiger partial charge in [0.2, 0.25) is 0 Å². The van der Waals surface area contributed by atoms with Crippen molar-refractivity contribution in [1.82, 2.24) is 6.15 Å². The second kappa shape index (κ2) is 4.66. The third-order valence-electron chi connectivity index (χ3n) is 0. The summed E-state index contributed by atoms with van der Waals surface area (Å²) in [7, 11) is 0. The fourth-order valence-electron chi connectivity index (χ4n) is 0. The van der Waals surface area contributed by atoms with E-state index in [-0.39, 0.29) is 22.9 Å². The predicted octanol–water partition coefficient (Wildman–Crippen LogP) is -1.19. The van der Waals surface area contributed by atoms with Gasteiger partial charge in [-0.1, -0.05) is 0 Å². The average molecular weight is 197 g/mol. The van der Waals surface area contributed by atoms with Crippen molar-refractivity contribution in [2.45, 2.75) is 0 Å². The molecule has 0 heterocycles. The number of rotatable bonds is 0. The monoisotopic (exact) mass is 197 g/mol. The Morgan fingerprint density at radius 1 is 1.14 bits per heavy atom. The normalized spacial score (nSPS) is 8.29. The van der Waals surface area contributed by atoms with Crippen LogP contribution in [0.25, 0.3) is 0 Å². The molecule has 0 rings (SSSR count). The molecule has 50 valence electrons. The molecule has 0 aliphatic heterocycles. The van der Waals surface area contributed by atoms with Crippen molar-refractivity contribution < 1.29 is 46.2 Å². The molecule has 5 nitrogen and oxygen atoms in total. The minimum absolute atomic E-state index is 0. The van der Waals surface area contributed by atoms with E-state index in [1.807, 2.05) is 0 Å². The van der Waals surface area contributed by atoms with Crippen LogP contribution in [0, 0.1) is 0 Å². The molecule has 0 spiro atoms. The van der Waals surface area contributed by atoms with E-state index in [1.54, 1.807) is 0 Å². The Morgan fingerprint density at radius 2 is 1.14 bits per heavy atom. The maximum atomic E-state index is 8.80. The summed E-state index contributed by atoms with van der Waals surface area (Å²) in [6.07, 6.45) is 0. The second-order valence-corrected chi connectivity index (χ2v) is 1.71. The van der Waals surface area contributed by atoms with Gasteiger partial charge >= 0.3 is 29.4 Å². The predicted molar refractivity (Wildman–Crippen MR) is 10.8 cm³/mol. The first-order valence-electron chi connectivity index (χ1n) is 0.647. The van der Waals surface area contributed by atoms with Gasteiger partial charge in [0.1, 0.15) is 0 Å². The van der Waals surface area contributed by atoms with Crippen LogP contribution < -0.4 is 6.15 Å². The zero-order valence-electron chi connectivity index (χ0n) is 3.13. The molecule has 5 N–H and O–H groups in total. The fourth-order valence-corrected chi connectivity index (χ4v) is 0. The van der Waals surface area contributed by atoms with Crippen molar-refractivity contribution in [3.63, 3.8) is 0 Å². The van der Waals surface area contributed by atoms with Crippen LogP contribution in [0.1, 0.15) is 0 Å². The van der Waals surface area contributed by atoms with Gasteiger partial charge in [0.25, 0.3) is 0 Å². The molecule has 7 heteroatoms. The van der Waals surface area contributed by atoms with Crippen LogP contribution in [0.5, 0.6) is 0 Å². The molecule has 0 aliphatic rings. The molecular weight excluding hydrogens is 192 g/mol. The SMILES string of the molecule is N.[Co].[O]=[Mn](=[O])([OH])[OH]. The van der Waals surface area contributed by atoms with Crippen molar-refractivity contribution in [2.75, 3.05) is 0 Å². The van der Waals surface area contributed by atoms with E-state index in [0.717, 1.165) is 0 Å². The van der Waals surface area contributed by atoms with E-state index in [0.29, 0.717) is 0 Å². The topological polar surface area (TPSA) is 110 Å². The summed E-state index contributed by atoms with van der Waals surface area (Å²) in [6, 6.07) is 0. The molecule has 0 amide bonds. The van der Waals surface area contributed by atoms with Gasteiger partial charge in [-0.05, 0) is 0 Å². The van der Waals surface area contributed by atoms with Crippen LogP contribution in [0.2, 0.25) is 0 Å². The second-order valence-electron chi connectivity index (χ2n) is 0.415. The molecule has 0 aromatic carbocycles. The molecular formula is H5CoMnNO4. The summed E-state index contributed by atoms with van der Waals surface area (Å²) in [5, 5.41) is 0. The van der Waals surface area contributed by atoms with E-state index in [2.05, 4.69) is 0 Å². The van der Waals surface area contributed by atoms with Gasteiger partial charge in [0, 0.05) is 16.8 Å². The summed E-state index contributed by atoms with van der Waals surface area (Å²) in [5.41, 5.74) is 0. The van der Waals surface area contributed by atoms with Crippen LogP contribution >= 0.6 is 0 Å². The summed E-state index contributed by atoms with van der Waals surface area (Å²) in [5.74, 6) is 0. The third kappa shape index (κ3) is 516. The first-order chi connectivity index (χ1) is 2.00. The zero-order valence-corrected chi connectivity index (χ0v) is 5.35. The molecule has 0 saturated carbocycles. The molecule has 0 aromatic rings. The Kier molecular flexibility index (Phi) is 10.4. The van der Waals surface area contributed by atoms with E-state index in [4.69, 9.17) is 16.0 Å². The summed E-state index contributed by atoms with van der Waals surface area (Å²) >= 11 is -5.12. The van der Waals surface area contributed by atoms with Crippen molar-refractivity contribution >= 4 is 0 Å². The van der Waals surface area contributed by atoms with Crippen molar-refractivity contribution in [3.8, 4) is 0 Å². The van der Waals surface area contributed by atoms with Gasteiger partial charge < -0.3 is 6.15 Å². The fraction of sp³-hybridized carbons (Fsp3) is 0. The van der Waals surface area contributed by atoms with Gasteiger partial charge in [-0.25, -0.2) is 0 Å². The molecule has 0 bridgehead atoms. The molecule has 0 atom stereocenters. The summed E-state index contributed by atoms with van der Waals surface area (Å²) < 4.78 is 31.8. The Labute approximate surface area is 52.8 Å². The minimum atomic E-state index is -5.12. The molecule has 0 aromatic heterocycles. The molecule has 0 unspecified atom stereocenters. The Bertz CT molecular complexity index is 94.9. The third-order valence-corrected chi connectivity index (χ3v) is 0. The van der Waals surface area contributed by atoms with E-state index < -0.39 is 13.4 Å². The van der Waals surface area contributed by atoms with Crippen LogP contribution in [0.15, 0.2) is 0 Å². The van der Waals surface area contributed by atoms with Crippen LogP contribution in [0.4, 0.5) is 0 Å². The standard InChI is InChI=1S/Co.Mn.H3N.2H2O.2O/h;;1H3;2*1H2;;/q;+2;;;;;/p-2. The maximum absolute atomic E-state index is 8.80. The van der Waals surface area contributed by atoms with Crippen molar-refractivity contribution in [1.29, 1.82) is 0 Å². The molecule has 7 heavy (non-hydrogen) atoms. The van der Waals surface area contributed by atoms with E-state index in [1.165, 1.54) is 0 Å². The van der Waals surface area contributed by atoms with Gasteiger partial charge in [0.15, 0.2) is 0 Å². The number of hydrogen-bond donors (Lipinski definition) is 3. The quantitative estimate of drug-likeness (QED) is 0.422. The zero-order chi connectivity index (χ0) is 4.50. The Hall–Kier alpha value is 0.506. The van der Waals surface area contributed by atoms with Gasteiger partial charge in [-0.3, -0.25) is 0 Å². The first kappa shape index (κ1) is 15.6. The Morgan fingerprint density at radius 3 is 1.14 bits per heavy atom. The van der Waals surface area contributed by atoms with Crippen LogP contribution in [-0.4, -0.2) is 8.38 Å². The molecule has 0 aliphatic carbocycles. The van der Waals surface area contributed by atoms with Crippen LogP contribution in [-0.2, 0) is 37.8 Å². The molecule has 1 radical (unpaired) electrons. The summed E-state index contributed by atoms with van der Waals surface area (Å²) in [6.45, 7) is 0. The first-order valence-corrected chi connectivity index (χ1v) is 2.67. The van der Waals surface area contributed by atoms with Gasteiger partial charge in [-0.2, -0.15) is 0 Å². The summed E-state index contributed by atoms with van der Waals surface area (Å²) in [4.78, 5) is 0. The Balaban J connectivity index is -0.0000000800. The molecule has 0 fully saturated rings. The van der Waals surface area contributed by atoms with E-state index in [9.17, 15) is 0 Å². The average Bonchev–Trinajstić information content (AvgIpc) is 0.722. The van der Waals surface area contributed by atoms with Crippen molar-refractivity contribution in [3.05, 3.63) is 0 Å². The molecule has 0 saturated heterocycles.